The first-order valence-electron chi connectivity index (χ1n) is 6.60. The van der Waals surface area contributed by atoms with Gasteiger partial charge in [0.1, 0.15) is 5.75 Å². The molecule has 1 unspecified atom stereocenters. The normalized spacial score (nSPS) is 17.8. The van der Waals surface area contributed by atoms with Crippen LogP contribution >= 0.6 is 0 Å². The van der Waals surface area contributed by atoms with E-state index in [2.05, 4.69) is 0 Å². The molecule has 0 aliphatic carbocycles. The molecule has 1 aromatic carbocycles. The van der Waals surface area contributed by atoms with Crippen molar-refractivity contribution in [2.24, 2.45) is 0 Å². The third-order valence-corrected chi connectivity index (χ3v) is 3.41. The highest BCUT2D eigenvalue weighted by molar-refractivity contribution is 5.93. The summed E-state index contributed by atoms with van der Waals surface area (Å²) in [4.78, 5) is 11.0. The number of ether oxygens (including phenoxy) is 1. The first-order chi connectivity index (χ1) is 9.77. The van der Waals surface area contributed by atoms with Gasteiger partial charge in [-0.25, -0.2) is 0 Å². The maximum Gasteiger partial charge on any atom is 0.429 e. The van der Waals surface area contributed by atoms with Crippen LogP contribution in [-0.2, 0) is 17.6 Å². The minimum absolute atomic E-state index is 0.0991. The highest BCUT2D eigenvalue weighted by atomic mass is 19.4. The number of carbonyl (C=O) groups excluding carboxylic acids is 1. The van der Waals surface area contributed by atoms with E-state index >= 15 is 0 Å². The number of hydrogen-bond acceptors (Lipinski definition) is 3. The number of fused-ring (bicyclic) bond motifs is 1. The Morgan fingerprint density at radius 2 is 1.95 bits per heavy atom. The van der Waals surface area contributed by atoms with Crippen LogP contribution < -0.4 is 9.84 Å². The molecule has 1 aliphatic rings. The average molecular weight is 299 g/mol. The molecule has 0 N–H and O–H groups in total. The first kappa shape index (κ1) is 15.4. The summed E-state index contributed by atoms with van der Waals surface area (Å²) in [5.74, 6) is -1.77. The van der Waals surface area contributed by atoms with Gasteiger partial charge in [0, 0.05) is 11.1 Å². The lowest BCUT2D eigenvalue weighted by molar-refractivity contribution is -0.302. The Hall–Kier alpha value is -1.98. The van der Waals surface area contributed by atoms with Crippen LogP contribution in [0.25, 0.3) is 6.08 Å². The van der Waals surface area contributed by atoms with E-state index in [1.54, 1.807) is 19.1 Å². The van der Waals surface area contributed by atoms with Gasteiger partial charge in [0.2, 0.25) is 6.10 Å². The van der Waals surface area contributed by atoms with E-state index in [0.717, 1.165) is 11.6 Å². The molecule has 0 bridgehead atoms. The van der Waals surface area contributed by atoms with Gasteiger partial charge in [-0.1, -0.05) is 19.9 Å². The van der Waals surface area contributed by atoms with Crippen molar-refractivity contribution in [3.8, 4) is 5.75 Å². The number of aryl methyl sites for hydroxylation is 2. The maximum atomic E-state index is 13.0. The molecule has 0 amide bonds. The lowest BCUT2D eigenvalue weighted by atomic mass is 9.95. The van der Waals surface area contributed by atoms with Gasteiger partial charge in [0.05, 0.1) is 5.97 Å². The molecule has 1 aliphatic heterocycles. The van der Waals surface area contributed by atoms with Crippen LogP contribution in [0.2, 0.25) is 0 Å². The van der Waals surface area contributed by atoms with E-state index in [4.69, 9.17) is 4.74 Å². The number of alkyl halides is 3. The molecule has 3 nitrogen and oxygen atoms in total. The van der Waals surface area contributed by atoms with Gasteiger partial charge in [-0.15, -0.1) is 0 Å². The Balaban J connectivity index is 2.62. The standard InChI is InChI=1S/C15H15F3O3/c1-3-8-5-9(4-2)12-10(6-8)7-11(14(19)20)13(21-12)15(16,17)18/h5-7,13H,3-4H2,1-2H3,(H,19,20)/p-1. The van der Waals surface area contributed by atoms with Crippen LogP contribution in [0.5, 0.6) is 5.75 Å². The van der Waals surface area contributed by atoms with Crippen molar-refractivity contribution in [3.05, 3.63) is 34.4 Å². The second-order valence-electron chi connectivity index (χ2n) is 4.81. The molecule has 1 heterocycles. The van der Waals surface area contributed by atoms with E-state index < -0.39 is 23.8 Å². The number of carboxylic acids is 1. The fourth-order valence-corrected chi connectivity index (χ4v) is 2.33. The first-order valence-corrected chi connectivity index (χ1v) is 6.60. The van der Waals surface area contributed by atoms with Gasteiger partial charge in [-0.05, 0) is 36.1 Å². The number of hydrogen-bond donors (Lipinski definition) is 0. The van der Waals surface area contributed by atoms with Crippen LogP contribution in [-0.4, -0.2) is 18.2 Å². The SMILES string of the molecule is CCc1cc2c(c(CC)c1)OC(C(F)(F)F)C(C(=O)[O-])=C2. The Labute approximate surface area is 120 Å². The number of carbonyl (C=O) groups is 1. The largest absolute Gasteiger partial charge is 0.545 e. The van der Waals surface area contributed by atoms with Crippen molar-refractivity contribution < 1.29 is 27.8 Å². The lowest BCUT2D eigenvalue weighted by Crippen LogP contribution is -2.44. The summed E-state index contributed by atoms with van der Waals surface area (Å²) in [5, 5.41) is 11.0. The van der Waals surface area contributed by atoms with Crippen LogP contribution in [0.15, 0.2) is 17.7 Å². The molecule has 0 saturated carbocycles. The van der Waals surface area contributed by atoms with Gasteiger partial charge < -0.3 is 14.6 Å². The Kier molecular flexibility index (Phi) is 3.98. The van der Waals surface area contributed by atoms with Gasteiger partial charge in [0.15, 0.2) is 0 Å². The Morgan fingerprint density at radius 1 is 1.29 bits per heavy atom. The molecule has 0 spiro atoms. The summed E-state index contributed by atoms with van der Waals surface area (Å²) in [5.41, 5.74) is 0.997. The minimum atomic E-state index is -4.81. The fraction of sp³-hybridized carbons (Fsp3) is 0.400. The van der Waals surface area contributed by atoms with Gasteiger partial charge in [-0.3, -0.25) is 0 Å². The predicted molar refractivity (Wildman–Crippen MR) is 68.7 cm³/mol. The second kappa shape index (κ2) is 5.42. The third-order valence-electron chi connectivity index (χ3n) is 3.41. The Bertz CT molecular complexity index is 603. The van der Waals surface area contributed by atoms with Crippen LogP contribution in [0.3, 0.4) is 0 Å². The Morgan fingerprint density at radius 3 is 2.43 bits per heavy atom. The maximum absolute atomic E-state index is 13.0. The van der Waals surface area contributed by atoms with Crippen LogP contribution in [0, 0.1) is 0 Å². The molecule has 1 atom stereocenters. The highest BCUT2D eigenvalue weighted by Crippen LogP contribution is 2.39. The number of benzene rings is 1. The summed E-state index contributed by atoms with van der Waals surface area (Å²) in [6.07, 6.45) is -5.11. The van der Waals surface area contributed by atoms with E-state index in [1.807, 2.05) is 6.92 Å². The number of carboxylic acid groups (broad SMARTS) is 1. The summed E-state index contributed by atoms with van der Waals surface area (Å²) in [6, 6.07) is 3.42. The number of halogens is 3. The van der Waals surface area contributed by atoms with Gasteiger partial charge >= 0.3 is 6.18 Å². The fourth-order valence-electron chi connectivity index (χ4n) is 2.33. The number of rotatable bonds is 3. The molecular weight excluding hydrogens is 285 g/mol. The van der Waals surface area contributed by atoms with Crippen molar-refractivity contribution in [1.29, 1.82) is 0 Å². The second-order valence-corrected chi connectivity index (χ2v) is 4.81. The molecule has 21 heavy (non-hydrogen) atoms. The monoisotopic (exact) mass is 299 g/mol. The van der Waals surface area contributed by atoms with E-state index in [-0.39, 0.29) is 5.75 Å². The third kappa shape index (κ3) is 2.89. The molecule has 114 valence electrons. The summed E-state index contributed by atoms with van der Waals surface area (Å²) >= 11 is 0. The summed E-state index contributed by atoms with van der Waals surface area (Å²) in [6.45, 7) is 3.71. The smallest absolute Gasteiger partial charge is 0.429 e. The minimum Gasteiger partial charge on any atom is -0.545 e. The molecule has 2 rings (SSSR count). The summed E-state index contributed by atoms with van der Waals surface area (Å²) in [7, 11) is 0. The average Bonchev–Trinajstić information content (AvgIpc) is 2.43. The lowest BCUT2D eigenvalue weighted by Gasteiger charge is -2.30. The van der Waals surface area contributed by atoms with Crippen molar-refractivity contribution in [2.45, 2.75) is 39.0 Å². The molecule has 6 heteroatoms. The van der Waals surface area contributed by atoms with E-state index in [9.17, 15) is 23.1 Å². The van der Waals surface area contributed by atoms with Gasteiger partial charge in [0.25, 0.3) is 0 Å². The number of aliphatic carboxylic acids is 1. The van der Waals surface area contributed by atoms with Crippen molar-refractivity contribution in [3.63, 3.8) is 0 Å². The highest BCUT2D eigenvalue weighted by Gasteiger charge is 2.46. The zero-order valence-electron chi connectivity index (χ0n) is 11.6. The predicted octanol–water partition coefficient (Wildman–Crippen LogP) is 2.27. The van der Waals surface area contributed by atoms with E-state index in [0.29, 0.717) is 24.0 Å². The molecule has 0 aromatic heterocycles. The zero-order valence-corrected chi connectivity index (χ0v) is 11.6. The topological polar surface area (TPSA) is 49.4 Å². The quantitative estimate of drug-likeness (QED) is 0.860. The molecule has 0 saturated heterocycles. The molecule has 1 aromatic rings. The van der Waals surface area contributed by atoms with Crippen LogP contribution in [0.4, 0.5) is 13.2 Å². The molecular formula is C15H14F3O3-. The van der Waals surface area contributed by atoms with Crippen molar-refractivity contribution in [2.75, 3.05) is 0 Å². The summed E-state index contributed by atoms with van der Waals surface area (Å²) < 4.78 is 43.9. The van der Waals surface area contributed by atoms with Crippen molar-refractivity contribution in [1.82, 2.24) is 0 Å². The van der Waals surface area contributed by atoms with Crippen LogP contribution in [0.1, 0.15) is 30.5 Å². The van der Waals surface area contributed by atoms with E-state index in [1.165, 1.54) is 0 Å². The zero-order chi connectivity index (χ0) is 15.8. The molecule has 0 radical (unpaired) electrons. The van der Waals surface area contributed by atoms with Crippen molar-refractivity contribution >= 4 is 12.0 Å². The molecule has 0 fully saturated rings. The van der Waals surface area contributed by atoms with Gasteiger partial charge in [-0.2, -0.15) is 13.2 Å².